The average Bonchev–Trinajstić information content (AvgIpc) is 2.75. The van der Waals surface area contributed by atoms with E-state index in [2.05, 4.69) is 62.5 Å². The Hall–Kier alpha value is -2.62. The molecule has 0 aliphatic rings. The van der Waals surface area contributed by atoms with Gasteiger partial charge in [-0.25, -0.2) is 0 Å². The van der Waals surface area contributed by atoms with Crippen LogP contribution in [0.4, 0.5) is 0 Å². The summed E-state index contributed by atoms with van der Waals surface area (Å²) in [4.78, 5) is 27.8. The van der Waals surface area contributed by atoms with Gasteiger partial charge < -0.3 is 10.2 Å². The molecule has 0 spiro atoms. The molecule has 0 aromatic heterocycles. The SMILES string of the molecule is CC[C@H](C(=O)NCC(C)C)N(CCc1ccccc1)C(=O)CCc1ccc(C)cc1. The van der Waals surface area contributed by atoms with Crippen LogP contribution >= 0.6 is 0 Å². The van der Waals surface area contributed by atoms with Crippen molar-refractivity contribution in [1.29, 1.82) is 0 Å². The summed E-state index contributed by atoms with van der Waals surface area (Å²) in [6.45, 7) is 9.34. The topological polar surface area (TPSA) is 49.4 Å². The van der Waals surface area contributed by atoms with Crippen LogP contribution in [0.1, 0.15) is 50.3 Å². The van der Waals surface area contributed by atoms with Crippen LogP contribution in [-0.2, 0) is 22.4 Å². The lowest BCUT2D eigenvalue weighted by Gasteiger charge is -2.31. The summed E-state index contributed by atoms with van der Waals surface area (Å²) in [6, 6.07) is 18.0. The molecule has 2 aromatic rings. The number of benzene rings is 2. The van der Waals surface area contributed by atoms with E-state index in [9.17, 15) is 9.59 Å². The highest BCUT2D eigenvalue weighted by atomic mass is 16.2. The summed E-state index contributed by atoms with van der Waals surface area (Å²) < 4.78 is 0. The lowest BCUT2D eigenvalue weighted by molar-refractivity contribution is -0.140. The Balaban J connectivity index is 2.09. The van der Waals surface area contributed by atoms with Crippen molar-refractivity contribution in [1.82, 2.24) is 10.2 Å². The van der Waals surface area contributed by atoms with Gasteiger partial charge in [-0.15, -0.1) is 0 Å². The first-order valence-electron chi connectivity index (χ1n) is 11.1. The molecule has 0 fully saturated rings. The minimum absolute atomic E-state index is 0.0399. The normalized spacial score (nSPS) is 11.9. The number of hydrogen-bond acceptors (Lipinski definition) is 2. The fourth-order valence-electron chi connectivity index (χ4n) is 3.47. The molecule has 0 aliphatic carbocycles. The lowest BCUT2D eigenvalue weighted by atomic mass is 10.0. The molecule has 30 heavy (non-hydrogen) atoms. The molecule has 1 atom stereocenters. The standard InChI is InChI=1S/C26H36N2O2/c1-5-24(26(30)27-19-20(2)3)28(18-17-22-9-7-6-8-10-22)25(29)16-15-23-13-11-21(4)12-14-23/h6-14,20,24H,5,15-19H2,1-4H3,(H,27,30)/t24-/m1/s1. The van der Waals surface area contributed by atoms with Crippen LogP contribution < -0.4 is 5.32 Å². The molecule has 2 rings (SSSR count). The molecule has 0 unspecified atom stereocenters. The first-order valence-corrected chi connectivity index (χ1v) is 11.1. The Morgan fingerprint density at radius 1 is 0.933 bits per heavy atom. The second-order valence-corrected chi connectivity index (χ2v) is 8.37. The Bertz CT molecular complexity index is 784. The average molecular weight is 409 g/mol. The van der Waals surface area contributed by atoms with Crippen molar-refractivity contribution in [3.8, 4) is 0 Å². The van der Waals surface area contributed by atoms with Crippen LogP contribution in [0.25, 0.3) is 0 Å². The monoisotopic (exact) mass is 408 g/mol. The number of rotatable bonds is 11. The van der Waals surface area contributed by atoms with E-state index in [1.165, 1.54) is 11.1 Å². The third kappa shape index (κ3) is 7.66. The van der Waals surface area contributed by atoms with Gasteiger partial charge in [-0.2, -0.15) is 0 Å². The van der Waals surface area contributed by atoms with Gasteiger partial charge in [0, 0.05) is 19.5 Å². The molecule has 0 saturated carbocycles. The molecule has 0 aliphatic heterocycles. The number of carbonyl (C=O) groups is 2. The Labute approximate surface area is 181 Å². The molecule has 0 heterocycles. The minimum atomic E-state index is -0.432. The van der Waals surface area contributed by atoms with Crippen molar-refractivity contribution in [2.45, 2.75) is 59.4 Å². The highest BCUT2D eigenvalue weighted by Gasteiger charge is 2.28. The van der Waals surface area contributed by atoms with Crippen LogP contribution in [0, 0.1) is 12.8 Å². The van der Waals surface area contributed by atoms with Crippen molar-refractivity contribution in [3.05, 3.63) is 71.3 Å². The summed E-state index contributed by atoms with van der Waals surface area (Å²) in [5, 5.41) is 3.01. The van der Waals surface area contributed by atoms with E-state index in [1.807, 2.05) is 25.1 Å². The fourth-order valence-corrected chi connectivity index (χ4v) is 3.47. The largest absolute Gasteiger partial charge is 0.354 e. The van der Waals surface area contributed by atoms with Gasteiger partial charge in [0.05, 0.1) is 0 Å². The van der Waals surface area contributed by atoms with E-state index >= 15 is 0 Å². The van der Waals surface area contributed by atoms with Gasteiger partial charge in [-0.05, 0) is 43.2 Å². The summed E-state index contributed by atoms with van der Waals surface area (Å²) in [5.41, 5.74) is 3.53. The molecule has 4 heteroatoms. The van der Waals surface area contributed by atoms with Gasteiger partial charge in [0.25, 0.3) is 0 Å². The van der Waals surface area contributed by atoms with Crippen molar-refractivity contribution in [2.75, 3.05) is 13.1 Å². The molecule has 2 amide bonds. The first kappa shape index (κ1) is 23.7. The Kier molecular flexibility index (Phi) is 9.59. The van der Waals surface area contributed by atoms with E-state index in [4.69, 9.17) is 0 Å². The maximum atomic E-state index is 13.2. The van der Waals surface area contributed by atoms with Crippen LogP contribution in [0.3, 0.4) is 0 Å². The summed E-state index contributed by atoms with van der Waals surface area (Å²) in [7, 11) is 0. The van der Waals surface area contributed by atoms with Crippen molar-refractivity contribution >= 4 is 11.8 Å². The predicted molar refractivity (Wildman–Crippen MR) is 123 cm³/mol. The van der Waals surface area contributed by atoms with Gasteiger partial charge in [-0.1, -0.05) is 80.9 Å². The van der Waals surface area contributed by atoms with Gasteiger partial charge in [0.1, 0.15) is 6.04 Å². The number of hydrogen-bond donors (Lipinski definition) is 1. The van der Waals surface area contributed by atoms with Crippen molar-refractivity contribution < 1.29 is 9.59 Å². The van der Waals surface area contributed by atoms with Crippen LogP contribution in [0.15, 0.2) is 54.6 Å². The Morgan fingerprint density at radius 2 is 1.57 bits per heavy atom. The number of carbonyl (C=O) groups excluding carboxylic acids is 2. The van der Waals surface area contributed by atoms with Crippen LogP contribution in [-0.4, -0.2) is 35.8 Å². The maximum absolute atomic E-state index is 13.2. The number of nitrogens with zero attached hydrogens (tertiary/aromatic N) is 1. The number of nitrogens with one attached hydrogen (secondary N) is 1. The van der Waals surface area contributed by atoms with E-state index in [-0.39, 0.29) is 11.8 Å². The third-order valence-electron chi connectivity index (χ3n) is 5.30. The third-order valence-corrected chi connectivity index (χ3v) is 5.30. The van der Waals surface area contributed by atoms with Crippen molar-refractivity contribution in [2.24, 2.45) is 5.92 Å². The van der Waals surface area contributed by atoms with Crippen molar-refractivity contribution in [3.63, 3.8) is 0 Å². The van der Waals surface area contributed by atoms with E-state index in [1.54, 1.807) is 4.90 Å². The first-order chi connectivity index (χ1) is 14.4. The zero-order valence-corrected chi connectivity index (χ0v) is 18.9. The molecule has 1 N–H and O–H groups in total. The number of aryl methyl sites for hydroxylation is 2. The van der Waals surface area contributed by atoms with Gasteiger partial charge in [0.2, 0.25) is 11.8 Å². The summed E-state index contributed by atoms with van der Waals surface area (Å²) in [5.74, 6) is 0.363. The highest BCUT2D eigenvalue weighted by Crippen LogP contribution is 2.13. The molecule has 2 aromatic carbocycles. The molecular formula is C26H36N2O2. The molecular weight excluding hydrogens is 372 g/mol. The summed E-state index contributed by atoms with van der Waals surface area (Å²) in [6.07, 6.45) is 2.44. The minimum Gasteiger partial charge on any atom is -0.354 e. The second-order valence-electron chi connectivity index (χ2n) is 8.37. The fraction of sp³-hybridized carbons (Fsp3) is 0.462. The van der Waals surface area contributed by atoms with Gasteiger partial charge in [-0.3, -0.25) is 9.59 Å². The summed E-state index contributed by atoms with van der Waals surface area (Å²) >= 11 is 0. The lowest BCUT2D eigenvalue weighted by Crippen LogP contribution is -2.50. The molecule has 0 saturated heterocycles. The van der Waals surface area contributed by atoms with Crippen LogP contribution in [0.5, 0.6) is 0 Å². The predicted octanol–water partition coefficient (Wildman–Crippen LogP) is 4.55. The Morgan fingerprint density at radius 3 is 2.17 bits per heavy atom. The number of amides is 2. The second kappa shape index (κ2) is 12.2. The molecule has 162 valence electrons. The molecule has 4 nitrogen and oxygen atoms in total. The zero-order valence-electron chi connectivity index (χ0n) is 18.9. The smallest absolute Gasteiger partial charge is 0.242 e. The van der Waals surface area contributed by atoms with E-state index in [0.717, 1.165) is 12.0 Å². The quantitative estimate of drug-likeness (QED) is 0.593. The maximum Gasteiger partial charge on any atom is 0.242 e. The van der Waals surface area contributed by atoms with Crippen LogP contribution in [0.2, 0.25) is 0 Å². The molecule has 0 bridgehead atoms. The van der Waals surface area contributed by atoms with E-state index < -0.39 is 6.04 Å². The van der Waals surface area contributed by atoms with Gasteiger partial charge in [0.15, 0.2) is 0 Å². The molecule has 0 radical (unpaired) electrons. The van der Waals surface area contributed by atoms with E-state index in [0.29, 0.717) is 38.3 Å². The van der Waals surface area contributed by atoms with Gasteiger partial charge >= 0.3 is 0 Å². The zero-order chi connectivity index (χ0) is 21.9. The highest BCUT2D eigenvalue weighted by molar-refractivity contribution is 5.87.